The predicted octanol–water partition coefficient (Wildman–Crippen LogP) is 3.70. The fourth-order valence-corrected chi connectivity index (χ4v) is 2.71. The number of amides is 1. The van der Waals surface area contributed by atoms with Crippen molar-refractivity contribution in [2.75, 3.05) is 0 Å². The van der Waals surface area contributed by atoms with Gasteiger partial charge >= 0.3 is 6.18 Å². The molecule has 0 aliphatic rings. The largest absolute Gasteiger partial charge is 0.508 e. The van der Waals surface area contributed by atoms with Crippen LogP contribution in [0.25, 0.3) is 11.3 Å². The maximum atomic E-state index is 14.4. The molecule has 10 heteroatoms. The number of halogens is 5. The van der Waals surface area contributed by atoms with Gasteiger partial charge in [-0.05, 0) is 35.9 Å². The lowest BCUT2D eigenvalue weighted by Gasteiger charge is -2.13. The molecule has 0 radical (unpaired) electrons. The van der Waals surface area contributed by atoms with Crippen LogP contribution >= 0.6 is 0 Å². The topological polar surface area (TPSA) is 81.1 Å². The van der Waals surface area contributed by atoms with Crippen molar-refractivity contribution in [3.63, 3.8) is 0 Å². The molecular weight excluding hydrogens is 385 g/mol. The van der Waals surface area contributed by atoms with Crippen molar-refractivity contribution in [3.8, 4) is 17.0 Å². The van der Waals surface area contributed by atoms with E-state index in [4.69, 9.17) is 5.73 Å². The first kappa shape index (κ1) is 19.3. The van der Waals surface area contributed by atoms with E-state index < -0.39 is 40.6 Å². The Morgan fingerprint density at radius 3 is 2.50 bits per heavy atom. The van der Waals surface area contributed by atoms with E-state index in [1.54, 1.807) is 0 Å². The number of aromatic nitrogens is 2. The Labute approximate surface area is 154 Å². The van der Waals surface area contributed by atoms with Crippen LogP contribution in [-0.2, 0) is 12.7 Å². The number of nitrogens with two attached hydrogens (primary N) is 1. The molecule has 146 valence electrons. The Bertz CT molecular complexity index is 1060. The van der Waals surface area contributed by atoms with E-state index in [1.165, 1.54) is 12.3 Å². The SMILES string of the molecule is NC(=O)c1c(F)ccc(-c2ccn(Cc3ccc(O)cc3C(F)(F)F)n2)c1F. The van der Waals surface area contributed by atoms with E-state index in [2.05, 4.69) is 5.10 Å². The van der Waals surface area contributed by atoms with Crippen molar-refractivity contribution < 1.29 is 31.9 Å². The van der Waals surface area contributed by atoms with E-state index in [0.29, 0.717) is 6.07 Å². The van der Waals surface area contributed by atoms with Crippen LogP contribution in [-0.4, -0.2) is 20.8 Å². The van der Waals surface area contributed by atoms with E-state index in [9.17, 15) is 31.9 Å². The zero-order valence-electron chi connectivity index (χ0n) is 14.0. The van der Waals surface area contributed by atoms with Crippen LogP contribution in [0, 0.1) is 11.6 Å². The standard InChI is InChI=1S/C18H12F5N3O2/c19-13-4-3-11(16(20)15(13)17(24)28)14-5-6-26(25-14)8-9-1-2-10(27)7-12(9)18(21,22)23/h1-7,27H,8H2,(H2,24,28). The summed E-state index contributed by atoms with van der Waals surface area (Å²) >= 11 is 0. The van der Waals surface area contributed by atoms with E-state index in [0.717, 1.165) is 28.9 Å². The third kappa shape index (κ3) is 3.66. The van der Waals surface area contributed by atoms with Crippen LogP contribution < -0.4 is 5.73 Å². The Balaban J connectivity index is 1.97. The zero-order valence-corrected chi connectivity index (χ0v) is 14.0. The van der Waals surface area contributed by atoms with Gasteiger partial charge < -0.3 is 10.8 Å². The van der Waals surface area contributed by atoms with E-state index >= 15 is 0 Å². The van der Waals surface area contributed by atoms with Crippen LogP contribution in [0.2, 0.25) is 0 Å². The second-order valence-electron chi connectivity index (χ2n) is 5.89. The van der Waals surface area contributed by atoms with Gasteiger partial charge in [0, 0.05) is 11.8 Å². The fraction of sp³-hybridized carbons (Fsp3) is 0.111. The molecule has 0 aliphatic carbocycles. The molecular formula is C18H12F5N3O2. The minimum atomic E-state index is -4.69. The number of alkyl halides is 3. The molecule has 3 rings (SSSR count). The van der Waals surface area contributed by atoms with Crippen molar-refractivity contribution in [1.82, 2.24) is 9.78 Å². The van der Waals surface area contributed by atoms with Crippen molar-refractivity contribution in [1.29, 1.82) is 0 Å². The Morgan fingerprint density at radius 1 is 1.14 bits per heavy atom. The normalized spacial score (nSPS) is 11.6. The quantitative estimate of drug-likeness (QED) is 0.659. The summed E-state index contributed by atoms with van der Waals surface area (Å²) in [6.45, 7) is -0.319. The highest BCUT2D eigenvalue weighted by Crippen LogP contribution is 2.34. The van der Waals surface area contributed by atoms with Crippen molar-refractivity contribution in [3.05, 3.63) is 70.9 Å². The number of nitrogens with zero attached hydrogens (tertiary/aromatic N) is 2. The molecule has 0 bridgehead atoms. The maximum absolute atomic E-state index is 14.4. The van der Waals surface area contributed by atoms with Crippen LogP contribution in [0.5, 0.6) is 5.75 Å². The maximum Gasteiger partial charge on any atom is 0.416 e. The average Bonchev–Trinajstić information content (AvgIpc) is 3.03. The number of carbonyl (C=O) groups excluding carboxylic acids is 1. The molecule has 3 aromatic rings. The molecule has 0 saturated heterocycles. The number of primary amides is 1. The van der Waals surface area contributed by atoms with Gasteiger partial charge in [0.15, 0.2) is 0 Å². The number of carbonyl (C=O) groups is 1. The number of aromatic hydroxyl groups is 1. The summed E-state index contributed by atoms with van der Waals surface area (Å²) in [6, 6.07) is 6.00. The predicted molar refractivity (Wildman–Crippen MR) is 88.3 cm³/mol. The molecule has 0 atom stereocenters. The number of rotatable bonds is 4. The Hall–Kier alpha value is -3.43. The number of benzene rings is 2. The second kappa shape index (κ2) is 6.95. The van der Waals surface area contributed by atoms with E-state index in [-0.39, 0.29) is 23.4 Å². The highest BCUT2D eigenvalue weighted by atomic mass is 19.4. The first-order valence-corrected chi connectivity index (χ1v) is 7.78. The van der Waals surface area contributed by atoms with Crippen molar-refractivity contribution >= 4 is 5.91 Å². The van der Waals surface area contributed by atoms with Gasteiger partial charge in [-0.15, -0.1) is 0 Å². The summed E-state index contributed by atoms with van der Waals surface area (Å²) < 4.78 is 68.5. The van der Waals surface area contributed by atoms with Gasteiger partial charge in [-0.1, -0.05) is 6.07 Å². The Morgan fingerprint density at radius 2 is 1.86 bits per heavy atom. The fourth-order valence-electron chi connectivity index (χ4n) is 2.71. The average molecular weight is 397 g/mol. The highest BCUT2D eigenvalue weighted by Gasteiger charge is 2.33. The second-order valence-corrected chi connectivity index (χ2v) is 5.89. The van der Waals surface area contributed by atoms with Crippen molar-refractivity contribution in [2.24, 2.45) is 5.73 Å². The van der Waals surface area contributed by atoms with Gasteiger partial charge in [0.2, 0.25) is 0 Å². The number of phenolic OH excluding ortho intramolecular Hbond substituents is 1. The first-order chi connectivity index (χ1) is 13.1. The molecule has 0 saturated carbocycles. The summed E-state index contributed by atoms with van der Waals surface area (Å²) in [5.41, 5.74) is 2.59. The summed E-state index contributed by atoms with van der Waals surface area (Å²) in [5, 5.41) is 13.3. The number of hydrogen-bond donors (Lipinski definition) is 2. The van der Waals surface area contributed by atoms with Gasteiger partial charge in [-0.25, -0.2) is 8.78 Å². The Kier molecular flexibility index (Phi) is 4.80. The third-order valence-corrected chi connectivity index (χ3v) is 3.99. The highest BCUT2D eigenvalue weighted by molar-refractivity contribution is 5.94. The summed E-state index contributed by atoms with van der Waals surface area (Å²) in [6.07, 6.45) is -3.39. The molecule has 0 aliphatic heterocycles. The van der Waals surface area contributed by atoms with Crippen molar-refractivity contribution in [2.45, 2.75) is 12.7 Å². The lowest BCUT2D eigenvalue weighted by molar-refractivity contribution is -0.138. The summed E-state index contributed by atoms with van der Waals surface area (Å²) in [7, 11) is 0. The van der Waals surface area contributed by atoms with Gasteiger partial charge in [0.05, 0.1) is 17.8 Å². The molecule has 0 spiro atoms. The molecule has 1 heterocycles. The van der Waals surface area contributed by atoms with Gasteiger partial charge in [0.25, 0.3) is 5.91 Å². The van der Waals surface area contributed by atoms with Crippen LogP contribution in [0.4, 0.5) is 22.0 Å². The van der Waals surface area contributed by atoms with Gasteiger partial charge in [0.1, 0.15) is 22.9 Å². The first-order valence-electron chi connectivity index (χ1n) is 7.78. The molecule has 5 nitrogen and oxygen atoms in total. The smallest absolute Gasteiger partial charge is 0.416 e. The minimum Gasteiger partial charge on any atom is -0.508 e. The number of phenols is 1. The minimum absolute atomic E-state index is 0.0210. The van der Waals surface area contributed by atoms with Crippen LogP contribution in [0.15, 0.2) is 42.6 Å². The van der Waals surface area contributed by atoms with Crippen LogP contribution in [0.3, 0.4) is 0 Å². The molecule has 1 amide bonds. The molecule has 2 aromatic carbocycles. The van der Waals surface area contributed by atoms with Gasteiger partial charge in [-0.3, -0.25) is 9.48 Å². The molecule has 28 heavy (non-hydrogen) atoms. The lowest BCUT2D eigenvalue weighted by atomic mass is 10.1. The molecule has 3 N–H and O–H groups in total. The lowest BCUT2D eigenvalue weighted by Crippen LogP contribution is -2.16. The van der Waals surface area contributed by atoms with Gasteiger partial charge in [-0.2, -0.15) is 18.3 Å². The zero-order chi connectivity index (χ0) is 20.6. The summed E-state index contributed by atoms with van der Waals surface area (Å²) in [4.78, 5) is 11.2. The molecule has 0 fully saturated rings. The number of hydrogen-bond acceptors (Lipinski definition) is 3. The molecule has 1 aromatic heterocycles. The third-order valence-electron chi connectivity index (χ3n) is 3.99. The molecule has 0 unspecified atom stereocenters. The summed E-state index contributed by atoms with van der Waals surface area (Å²) in [5.74, 6) is -4.18. The monoisotopic (exact) mass is 397 g/mol. The van der Waals surface area contributed by atoms with Crippen LogP contribution in [0.1, 0.15) is 21.5 Å². The van der Waals surface area contributed by atoms with E-state index in [1.807, 2.05) is 0 Å².